The molecule has 0 fully saturated rings. The molecule has 4 heteroatoms. The van der Waals surface area contributed by atoms with Crippen LogP contribution in [0.1, 0.15) is 34.5 Å². The fraction of sp³-hybridized carbons (Fsp3) is 0.100. The van der Waals surface area contributed by atoms with Crippen LogP contribution in [0.15, 0.2) is 72.8 Å². The third kappa shape index (κ3) is 2.97. The van der Waals surface area contributed by atoms with Crippen LogP contribution in [-0.2, 0) is 0 Å². The average molecular weight is 322 g/mol. The number of aliphatic hydroxyl groups excluding tert-OH is 2. The Hall–Kier alpha value is -2.82. The Kier molecular flexibility index (Phi) is 4.51. The molecule has 0 aliphatic rings. The van der Waals surface area contributed by atoms with E-state index in [0.29, 0.717) is 22.3 Å². The number of para-hydroxylation sites is 2. The monoisotopic (exact) mass is 322 g/mol. The van der Waals surface area contributed by atoms with Gasteiger partial charge in [0.05, 0.1) is 0 Å². The first kappa shape index (κ1) is 16.1. The van der Waals surface area contributed by atoms with Crippen molar-refractivity contribution in [1.82, 2.24) is 0 Å². The van der Waals surface area contributed by atoms with Crippen LogP contribution < -0.4 is 0 Å². The van der Waals surface area contributed by atoms with E-state index < -0.39 is 12.2 Å². The van der Waals surface area contributed by atoms with Crippen LogP contribution in [0.25, 0.3) is 0 Å². The van der Waals surface area contributed by atoms with E-state index in [4.69, 9.17) is 0 Å². The number of rotatable bonds is 4. The molecule has 2 unspecified atom stereocenters. The molecule has 3 rings (SSSR count). The number of hydrogen-bond acceptors (Lipinski definition) is 4. The molecule has 0 saturated heterocycles. The molecule has 24 heavy (non-hydrogen) atoms. The van der Waals surface area contributed by atoms with E-state index in [-0.39, 0.29) is 11.5 Å². The van der Waals surface area contributed by atoms with E-state index >= 15 is 0 Å². The van der Waals surface area contributed by atoms with Gasteiger partial charge in [-0.3, -0.25) is 0 Å². The lowest BCUT2D eigenvalue weighted by Crippen LogP contribution is -2.09. The van der Waals surface area contributed by atoms with Gasteiger partial charge < -0.3 is 20.4 Å². The minimum absolute atomic E-state index is 0.0168. The summed E-state index contributed by atoms with van der Waals surface area (Å²) in [7, 11) is 0. The maximum atomic E-state index is 10.7. The fourth-order valence-corrected chi connectivity index (χ4v) is 2.78. The van der Waals surface area contributed by atoms with E-state index in [0.717, 1.165) is 0 Å². The third-order valence-electron chi connectivity index (χ3n) is 4.05. The van der Waals surface area contributed by atoms with E-state index in [9.17, 15) is 20.4 Å². The van der Waals surface area contributed by atoms with E-state index in [1.54, 1.807) is 60.7 Å². The van der Waals surface area contributed by atoms with Gasteiger partial charge in [-0.2, -0.15) is 0 Å². The predicted molar refractivity (Wildman–Crippen MR) is 90.8 cm³/mol. The Morgan fingerprint density at radius 1 is 0.458 bits per heavy atom. The topological polar surface area (TPSA) is 80.9 Å². The molecule has 2 atom stereocenters. The van der Waals surface area contributed by atoms with E-state index in [1.165, 1.54) is 12.1 Å². The van der Waals surface area contributed by atoms with Gasteiger partial charge in [0.2, 0.25) is 0 Å². The molecule has 3 aromatic rings. The quantitative estimate of drug-likeness (QED) is 0.594. The zero-order chi connectivity index (χ0) is 17.1. The van der Waals surface area contributed by atoms with Crippen LogP contribution in [0, 0.1) is 0 Å². The molecule has 0 spiro atoms. The van der Waals surface area contributed by atoms with Gasteiger partial charge in [-0.25, -0.2) is 0 Å². The lowest BCUT2D eigenvalue weighted by atomic mass is 9.91. The Morgan fingerprint density at radius 3 is 1.08 bits per heavy atom. The average Bonchev–Trinajstić information content (AvgIpc) is 2.61. The standard InChI is InChI=1S/C20H18O4/c21-17-11-5-3-9-15(17)19(23)13-7-1-2-8-14(13)20(24)16-10-4-6-12-18(16)22/h1-12,19-24H. The summed E-state index contributed by atoms with van der Waals surface area (Å²) in [6.07, 6.45) is -2.19. The summed E-state index contributed by atoms with van der Waals surface area (Å²) in [5.41, 5.74) is 1.65. The van der Waals surface area contributed by atoms with Crippen molar-refractivity contribution < 1.29 is 20.4 Å². The van der Waals surface area contributed by atoms with Crippen LogP contribution in [0.3, 0.4) is 0 Å². The van der Waals surface area contributed by atoms with Crippen molar-refractivity contribution in [3.8, 4) is 11.5 Å². The largest absolute Gasteiger partial charge is 0.508 e. The summed E-state index contributed by atoms with van der Waals surface area (Å²) in [4.78, 5) is 0. The molecule has 0 radical (unpaired) electrons. The molecule has 0 saturated carbocycles. The molecule has 0 bridgehead atoms. The number of aromatic hydroxyl groups is 2. The Bertz CT molecular complexity index is 774. The van der Waals surface area contributed by atoms with Gasteiger partial charge in [-0.1, -0.05) is 60.7 Å². The van der Waals surface area contributed by atoms with Gasteiger partial charge in [-0.05, 0) is 23.3 Å². The highest BCUT2D eigenvalue weighted by molar-refractivity contribution is 5.46. The van der Waals surface area contributed by atoms with E-state index in [1.807, 2.05) is 0 Å². The summed E-state index contributed by atoms with van der Waals surface area (Å²) in [6.45, 7) is 0. The number of hydrogen-bond donors (Lipinski definition) is 4. The van der Waals surface area contributed by atoms with Gasteiger partial charge in [0.25, 0.3) is 0 Å². The summed E-state index contributed by atoms with van der Waals surface area (Å²) < 4.78 is 0. The highest BCUT2D eigenvalue weighted by atomic mass is 16.3. The van der Waals surface area contributed by atoms with Crippen LogP contribution in [0.2, 0.25) is 0 Å². The van der Waals surface area contributed by atoms with Gasteiger partial charge in [0, 0.05) is 11.1 Å². The second kappa shape index (κ2) is 6.74. The number of benzene rings is 3. The SMILES string of the molecule is Oc1ccccc1C(O)c1ccccc1C(O)c1ccccc1O. The molecule has 0 aliphatic carbocycles. The van der Waals surface area contributed by atoms with Gasteiger partial charge >= 0.3 is 0 Å². The van der Waals surface area contributed by atoms with Crippen molar-refractivity contribution in [2.75, 3.05) is 0 Å². The molecule has 122 valence electrons. The predicted octanol–water partition coefficient (Wildman–Crippen LogP) is 3.26. The van der Waals surface area contributed by atoms with Crippen molar-refractivity contribution >= 4 is 0 Å². The Morgan fingerprint density at radius 2 is 0.750 bits per heavy atom. The minimum Gasteiger partial charge on any atom is -0.508 e. The molecule has 0 aromatic heterocycles. The molecular weight excluding hydrogens is 304 g/mol. The molecule has 0 heterocycles. The fourth-order valence-electron chi connectivity index (χ4n) is 2.78. The summed E-state index contributed by atoms with van der Waals surface area (Å²) >= 11 is 0. The minimum atomic E-state index is -1.09. The smallest absolute Gasteiger partial charge is 0.121 e. The van der Waals surface area contributed by atoms with Crippen LogP contribution in [0.4, 0.5) is 0 Å². The Labute approximate surface area is 139 Å². The number of aliphatic hydroxyl groups is 2. The normalized spacial score (nSPS) is 13.4. The lowest BCUT2D eigenvalue weighted by molar-refractivity contribution is 0.192. The lowest BCUT2D eigenvalue weighted by Gasteiger charge is -2.21. The van der Waals surface area contributed by atoms with Crippen molar-refractivity contribution in [2.24, 2.45) is 0 Å². The number of phenolic OH excluding ortho intramolecular Hbond substituents is 2. The summed E-state index contributed by atoms with van der Waals surface area (Å²) in [5, 5.41) is 41.3. The second-order valence-electron chi connectivity index (χ2n) is 5.55. The molecule has 3 aromatic carbocycles. The molecule has 4 N–H and O–H groups in total. The highest BCUT2D eigenvalue weighted by Crippen LogP contribution is 2.36. The highest BCUT2D eigenvalue weighted by Gasteiger charge is 2.23. The van der Waals surface area contributed by atoms with Crippen LogP contribution in [0.5, 0.6) is 11.5 Å². The van der Waals surface area contributed by atoms with Crippen LogP contribution >= 0.6 is 0 Å². The molecular formula is C20H18O4. The molecule has 4 nitrogen and oxygen atoms in total. The van der Waals surface area contributed by atoms with Gasteiger partial charge in [0.1, 0.15) is 23.7 Å². The number of phenols is 2. The Balaban J connectivity index is 2.06. The zero-order valence-corrected chi connectivity index (χ0v) is 12.9. The van der Waals surface area contributed by atoms with Crippen molar-refractivity contribution in [1.29, 1.82) is 0 Å². The van der Waals surface area contributed by atoms with E-state index in [2.05, 4.69) is 0 Å². The van der Waals surface area contributed by atoms with Crippen molar-refractivity contribution in [2.45, 2.75) is 12.2 Å². The summed E-state index contributed by atoms with van der Waals surface area (Å²) in [6, 6.07) is 19.9. The first-order chi connectivity index (χ1) is 11.6. The van der Waals surface area contributed by atoms with Crippen molar-refractivity contribution in [3.05, 3.63) is 95.1 Å². The van der Waals surface area contributed by atoms with Gasteiger partial charge in [-0.15, -0.1) is 0 Å². The maximum absolute atomic E-state index is 10.7. The van der Waals surface area contributed by atoms with Gasteiger partial charge in [0.15, 0.2) is 0 Å². The zero-order valence-electron chi connectivity index (χ0n) is 12.9. The molecule has 0 amide bonds. The van der Waals surface area contributed by atoms with Crippen molar-refractivity contribution in [3.63, 3.8) is 0 Å². The maximum Gasteiger partial charge on any atom is 0.121 e. The molecule has 0 aliphatic heterocycles. The third-order valence-corrected chi connectivity index (χ3v) is 4.05. The second-order valence-corrected chi connectivity index (χ2v) is 5.55. The van der Waals surface area contributed by atoms with Crippen LogP contribution in [-0.4, -0.2) is 20.4 Å². The first-order valence-corrected chi connectivity index (χ1v) is 7.60. The first-order valence-electron chi connectivity index (χ1n) is 7.60. The summed E-state index contributed by atoms with van der Waals surface area (Å²) in [5.74, 6) is -0.0336.